The Balaban J connectivity index is 1.39. The standard InChI is InChI=1S/C32H43NO2/c1-4-5-6-7-11-14-31(34)35-32-29(22-28-19-24(2)25(3)20-30(28)32)21-26-15-17-33(18-16-26)23-27-12-9-8-10-13-27/h8-10,12-13,19-20,26H,4-7,11,14-18,21-23H2,1-3H3. The molecule has 2 aromatic rings. The molecule has 3 heteroatoms. The third-order valence-corrected chi connectivity index (χ3v) is 7.88. The summed E-state index contributed by atoms with van der Waals surface area (Å²) in [5.41, 5.74) is 7.81. The summed E-state index contributed by atoms with van der Waals surface area (Å²) in [5.74, 6) is 1.49. The van der Waals surface area contributed by atoms with Crippen molar-refractivity contribution >= 4 is 11.7 Å². The number of fused-ring (bicyclic) bond motifs is 1. The topological polar surface area (TPSA) is 29.5 Å². The molecule has 35 heavy (non-hydrogen) atoms. The van der Waals surface area contributed by atoms with Crippen LogP contribution < -0.4 is 0 Å². The number of allylic oxidation sites excluding steroid dienone is 1. The normalized spacial score (nSPS) is 16.5. The first-order valence-corrected chi connectivity index (χ1v) is 13.8. The minimum atomic E-state index is -0.0576. The van der Waals surface area contributed by atoms with Gasteiger partial charge in [-0.2, -0.15) is 0 Å². The van der Waals surface area contributed by atoms with Crippen LogP contribution in [0.4, 0.5) is 0 Å². The fraction of sp³-hybridized carbons (Fsp3) is 0.531. The van der Waals surface area contributed by atoms with Gasteiger partial charge in [0, 0.05) is 18.5 Å². The molecule has 4 rings (SSSR count). The molecule has 3 nitrogen and oxygen atoms in total. The molecule has 1 heterocycles. The van der Waals surface area contributed by atoms with Gasteiger partial charge in [-0.25, -0.2) is 0 Å². The van der Waals surface area contributed by atoms with Crippen molar-refractivity contribution < 1.29 is 9.53 Å². The van der Waals surface area contributed by atoms with Gasteiger partial charge in [-0.05, 0) is 98.9 Å². The number of rotatable bonds is 11. The summed E-state index contributed by atoms with van der Waals surface area (Å²) in [4.78, 5) is 15.4. The zero-order valence-electron chi connectivity index (χ0n) is 22.1. The van der Waals surface area contributed by atoms with Crippen LogP contribution in [-0.4, -0.2) is 24.0 Å². The van der Waals surface area contributed by atoms with Crippen LogP contribution in [0.2, 0.25) is 0 Å². The van der Waals surface area contributed by atoms with Crippen molar-refractivity contribution in [3.8, 4) is 0 Å². The Morgan fingerprint density at radius 1 is 0.971 bits per heavy atom. The van der Waals surface area contributed by atoms with Crippen LogP contribution in [0, 0.1) is 19.8 Å². The Hall–Kier alpha value is -2.39. The third kappa shape index (κ3) is 7.07. The van der Waals surface area contributed by atoms with Crippen molar-refractivity contribution in [3.63, 3.8) is 0 Å². The molecule has 2 aromatic carbocycles. The van der Waals surface area contributed by atoms with Gasteiger partial charge >= 0.3 is 5.97 Å². The lowest BCUT2D eigenvalue weighted by molar-refractivity contribution is -0.136. The SMILES string of the molecule is CCCCCCCC(=O)OC1=C(CC2CCN(Cc3ccccc3)CC2)Cc2cc(C)c(C)cc21. The van der Waals surface area contributed by atoms with Gasteiger partial charge in [0.1, 0.15) is 5.76 Å². The van der Waals surface area contributed by atoms with Gasteiger partial charge in [0.05, 0.1) is 0 Å². The molecule has 2 aliphatic rings. The van der Waals surface area contributed by atoms with E-state index in [-0.39, 0.29) is 5.97 Å². The highest BCUT2D eigenvalue weighted by molar-refractivity contribution is 5.82. The van der Waals surface area contributed by atoms with E-state index < -0.39 is 0 Å². The molecule has 0 bridgehead atoms. The van der Waals surface area contributed by atoms with Crippen molar-refractivity contribution in [2.24, 2.45) is 5.92 Å². The quantitative estimate of drug-likeness (QED) is 0.246. The van der Waals surface area contributed by atoms with Gasteiger partial charge < -0.3 is 4.74 Å². The van der Waals surface area contributed by atoms with E-state index in [1.54, 1.807) is 0 Å². The van der Waals surface area contributed by atoms with E-state index in [1.165, 1.54) is 59.9 Å². The Bertz CT molecular complexity index is 1020. The number of nitrogens with zero attached hydrogens (tertiary/aromatic N) is 1. The fourth-order valence-electron chi connectivity index (χ4n) is 5.60. The second kappa shape index (κ2) is 12.5. The highest BCUT2D eigenvalue weighted by Crippen LogP contribution is 2.40. The second-order valence-electron chi connectivity index (χ2n) is 10.8. The van der Waals surface area contributed by atoms with E-state index in [9.17, 15) is 4.79 Å². The van der Waals surface area contributed by atoms with Gasteiger partial charge in [-0.1, -0.05) is 69.0 Å². The van der Waals surface area contributed by atoms with Gasteiger partial charge in [0.15, 0.2) is 0 Å². The summed E-state index contributed by atoms with van der Waals surface area (Å²) < 4.78 is 6.12. The number of hydrogen-bond acceptors (Lipinski definition) is 3. The first kappa shape index (κ1) is 25.7. The molecule has 0 atom stereocenters. The van der Waals surface area contributed by atoms with Crippen LogP contribution in [-0.2, 0) is 22.5 Å². The van der Waals surface area contributed by atoms with Crippen molar-refractivity contribution in [2.75, 3.05) is 13.1 Å². The number of benzene rings is 2. The molecule has 1 aliphatic heterocycles. The van der Waals surface area contributed by atoms with Crippen LogP contribution in [0.5, 0.6) is 0 Å². The first-order chi connectivity index (χ1) is 17.0. The molecule has 0 aromatic heterocycles. The molecule has 0 amide bonds. The minimum absolute atomic E-state index is 0.0576. The summed E-state index contributed by atoms with van der Waals surface area (Å²) in [6.45, 7) is 9.88. The zero-order chi connectivity index (χ0) is 24.6. The lowest BCUT2D eigenvalue weighted by atomic mass is 9.89. The van der Waals surface area contributed by atoms with E-state index in [2.05, 4.69) is 68.1 Å². The highest BCUT2D eigenvalue weighted by Gasteiger charge is 2.29. The smallest absolute Gasteiger partial charge is 0.311 e. The average Bonchev–Trinajstić information content (AvgIpc) is 3.16. The van der Waals surface area contributed by atoms with Crippen molar-refractivity contribution in [1.29, 1.82) is 0 Å². The average molecular weight is 474 g/mol. The van der Waals surface area contributed by atoms with E-state index >= 15 is 0 Å². The molecule has 1 saturated heterocycles. The molecule has 1 aliphatic carbocycles. The third-order valence-electron chi connectivity index (χ3n) is 7.88. The van der Waals surface area contributed by atoms with E-state index in [0.29, 0.717) is 12.3 Å². The summed E-state index contributed by atoms with van der Waals surface area (Å²) in [5, 5.41) is 0. The van der Waals surface area contributed by atoms with Gasteiger partial charge in [0.2, 0.25) is 0 Å². The van der Waals surface area contributed by atoms with Gasteiger partial charge in [-0.3, -0.25) is 9.69 Å². The number of esters is 1. The monoisotopic (exact) mass is 473 g/mol. The lowest BCUT2D eigenvalue weighted by Gasteiger charge is -2.32. The summed E-state index contributed by atoms with van der Waals surface area (Å²) in [7, 11) is 0. The van der Waals surface area contributed by atoms with Crippen LogP contribution in [0.25, 0.3) is 5.76 Å². The predicted octanol–water partition coefficient (Wildman–Crippen LogP) is 7.78. The van der Waals surface area contributed by atoms with Crippen LogP contribution in [0.3, 0.4) is 0 Å². The molecular weight excluding hydrogens is 430 g/mol. The molecule has 1 fully saturated rings. The Kier molecular flexibility index (Phi) is 9.20. The summed E-state index contributed by atoms with van der Waals surface area (Å²) in [6.07, 6.45) is 10.7. The number of likely N-dealkylation sites (tertiary alicyclic amines) is 1. The van der Waals surface area contributed by atoms with Crippen LogP contribution >= 0.6 is 0 Å². The maximum atomic E-state index is 12.8. The predicted molar refractivity (Wildman–Crippen MR) is 145 cm³/mol. The second-order valence-corrected chi connectivity index (χ2v) is 10.8. The van der Waals surface area contributed by atoms with E-state index in [4.69, 9.17) is 4.74 Å². The minimum Gasteiger partial charge on any atom is -0.426 e. The van der Waals surface area contributed by atoms with E-state index in [0.717, 1.165) is 56.6 Å². The van der Waals surface area contributed by atoms with Crippen molar-refractivity contribution in [3.05, 3.63) is 75.9 Å². The highest BCUT2D eigenvalue weighted by atomic mass is 16.5. The van der Waals surface area contributed by atoms with E-state index in [1.807, 2.05) is 0 Å². The molecular formula is C32H43NO2. The van der Waals surface area contributed by atoms with Crippen molar-refractivity contribution in [1.82, 2.24) is 4.90 Å². The Morgan fingerprint density at radius 2 is 1.69 bits per heavy atom. The Labute approximate surface area is 212 Å². The fourth-order valence-corrected chi connectivity index (χ4v) is 5.60. The summed E-state index contributed by atoms with van der Waals surface area (Å²) >= 11 is 0. The molecule has 0 unspecified atom stereocenters. The number of unbranched alkanes of at least 4 members (excludes halogenated alkanes) is 4. The maximum absolute atomic E-state index is 12.8. The molecule has 0 saturated carbocycles. The Morgan fingerprint density at radius 3 is 2.43 bits per heavy atom. The largest absolute Gasteiger partial charge is 0.426 e. The van der Waals surface area contributed by atoms with Crippen LogP contribution in [0.1, 0.15) is 92.5 Å². The first-order valence-electron chi connectivity index (χ1n) is 13.8. The zero-order valence-corrected chi connectivity index (χ0v) is 22.1. The number of carbonyl (C=O) groups excluding carboxylic acids is 1. The molecule has 0 spiro atoms. The number of hydrogen-bond donors (Lipinski definition) is 0. The number of carbonyl (C=O) groups is 1. The number of ether oxygens (including phenoxy) is 1. The molecule has 0 radical (unpaired) electrons. The molecule has 188 valence electrons. The number of aryl methyl sites for hydroxylation is 2. The van der Waals surface area contributed by atoms with Crippen molar-refractivity contribution in [2.45, 2.75) is 91.5 Å². The maximum Gasteiger partial charge on any atom is 0.311 e. The lowest BCUT2D eigenvalue weighted by Crippen LogP contribution is -2.33. The van der Waals surface area contributed by atoms with Gasteiger partial charge in [0.25, 0.3) is 0 Å². The van der Waals surface area contributed by atoms with Crippen LogP contribution in [0.15, 0.2) is 48.0 Å². The van der Waals surface area contributed by atoms with Gasteiger partial charge in [-0.15, -0.1) is 0 Å². The summed E-state index contributed by atoms with van der Waals surface area (Å²) in [6, 6.07) is 15.3. The molecule has 0 N–H and O–H groups in total. The number of piperidine rings is 1.